The highest BCUT2D eigenvalue weighted by molar-refractivity contribution is 7.13. The second kappa shape index (κ2) is 9.28. The molecule has 8 heteroatoms. The Morgan fingerprint density at radius 3 is 2.61 bits per heavy atom. The molecule has 0 spiro atoms. The van der Waals surface area contributed by atoms with Gasteiger partial charge in [-0.15, -0.1) is 11.3 Å². The van der Waals surface area contributed by atoms with Gasteiger partial charge in [-0.3, -0.25) is 4.79 Å². The van der Waals surface area contributed by atoms with E-state index in [0.29, 0.717) is 33.8 Å². The third kappa shape index (κ3) is 4.95. The molecule has 0 fully saturated rings. The van der Waals surface area contributed by atoms with Gasteiger partial charge in [-0.05, 0) is 35.9 Å². The number of halogens is 2. The average Bonchev–Trinajstić information content (AvgIpc) is 3.15. The molecular formula is C20H18Cl2N2O3S. The summed E-state index contributed by atoms with van der Waals surface area (Å²) in [5.41, 5.74) is 2.42. The number of methoxy groups -OCH3 is 2. The molecule has 1 heterocycles. The van der Waals surface area contributed by atoms with Crippen molar-refractivity contribution in [3.63, 3.8) is 0 Å². The minimum atomic E-state index is -0.129. The lowest BCUT2D eigenvalue weighted by atomic mass is 10.2. The number of aromatic nitrogens is 1. The maximum Gasteiger partial charge on any atom is 0.226 e. The number of rotatable bonds is 7. The number of nitrogens with one attached hydrogen (secondary N) is 1. The molecule has 28 heavy (non-hydrogen) atoms. The van der Waals surface area contributed by atoms with Gasteiger partial charge in [0.05, 0.1) is 26.3 Å². The van der Waals surface area contributed by atoms with Crippen LogP contribution in [0.1, 0.15) is 11.3 Å². The lowest BCUT2D eigenvalue weighted by Crippen LogP contribution is -2.24. The first kappa shape index (κ1) is 20.5. The van der Waals surface area contributed by atoms with Crippen LogP contribution in [0.5, 0.6) is 11.5 Å². The van der Waals surface area contributed by atoms with E-state index in [9.17, 15) is 4.79 Å². The van der Waals surface area contributed by atoms with Gasteiger partial charge in [0.15, 0.2) is 11.5 Å². The Kier molecular flexibility index (Phi) is 6.78. The van der Waals surface area contributed by atoms with Gasteiger partial charge < -0.3 is 14.8 Å². The normalized spacial score (nSPS) is 10.6. The molecule has 0 saturated carbocycles. The van der Waals surface area contributed by atoms with Crippen LogP contribution in [-0.4, -0.2) is 25.1 Å². The van der Waals surface area contributed by atoms with Crippen LogP contribution < -0.4 is 14.8 Å². The van der Waals surface area contributed by atoms with E-state index in [4.69, 9.17) is 32.7 Å². The summed E-state index contributed by atoms with van der Waals surface area (Å²) in [7, 11) is 3.18. The summed E-state index contributed by atoms with van der Waals surface area (Å²) in [5, 5.41) is 6.62. The Morgan fingerprint density at radius 1 is 1.11 bits per heavy atom. The monoisotopic (exact) mass is 436 g/mol. The maximum atomic E-state index is 12.2. The van der Waals surface area contributed by atoms with Crippen molar-refractivity contribution in [3.8, 4) is 22.1 Å². The Hall–Kier alpha value is -2.28. The van der Waals surface area contributed by atoms with Crippen LogP contribution in [0.2, 0.25) is 10.0 Å². The van der Waals surface area contributed by atoms with Gasteiger partial charge in [0, 0.05) is 27.5 Å². The predicted molar refractivity (Wildman–Crippen MR) is 113 cm³/mol. The number of hydrogen-bond donors (Lipinski definition) is 1. The highest BCUT2D eigenvalue weighted by Gasteiger charge is 2.12. The van der Waals surface area contributed by atoms with Crippen LogP contribution in [0, 0.1) is 0 Å². The van der Waals surface area contributed by atoms with E-state index in [2.05, 4.69) is 10.3 Å². The van der Waals surface area contributed by atoms with Crippen LogP contribution in [0.15, 0.2) is 41.8 Å². The molecule has 1 N–H and O–H groups in total. The first-order valence-corrected chi connectivity index (χ1v) is 10.0. The molecule has 0 unspecified atom stereocenters. The number of thiazole rings is 1. The van der Waals surface area contributed by atoms with E-state index in [0.717, 1.165) is 16.1 Å². The number of nitrogens with zero attached hydrogens (tertiary/aromatic N) is 1. The van der Waals surface area contributed by atoms with Crippen LogP contribution in [0.25, 0.3) is 10.6 Å². The lowest BCUT2D eigenvalue weighted by molar-refractivity contribution is -0.120. The molecule has 0 atom stereocenters. The number of carbonyl (C=O) groups excluding carboxylic acids is 1. The van der Waals surface area contributed by atoms with Crippen LogP contribution >= 0.6 is 34.5 Å². The van der Waals surface area contributed by atoms with Crippen molar-refractivity contribution in [2.45, 2.75) is 13.0 Å². The maximum absolute atomic E-state index is 12.2. The van der Waals surface area contributed by atoms with Gasteiger partial charge in [0.2, 0.25) is 5.91 Å². The number of amides is 1. The van der Waals surface area contributed by atoms with Crippen molar-refractivity contribution in [3.05, 3.63) is 63.1 Å². The van der Waals surface area contributed by atoms with Crippen molar-refractivity contribution in [2.24, 2.45) is 0 Å². The third-order valence-corrected chi connectivity index (χ3v) is 5.54. The Labute approximate surface area is 177 Å². The molecule has 0 saturated heterocycles. The van der Waals surface area contributed by atoms with Gasteiger partial charge in [-0.25, -0.2) is 4.98 Å². The Bertz CT molecular complexity index is 991. The summed E-state index contributed by atoms with van der Waals surface area (Å²) >= 11 is 13.5. The van der Waals surface area contributed by atoms with E-state index < -0.39 is 0 Å². The Balaban J connectivity index is 1.63. The predicted octanol–water partition coefficient (Wildman–Crippen LogP) is 4.99. The second-order valence-corrected chi connectivity index (χ2v) is 7.60. The second-order valence-electron chi connectivity index (χ2n) is 5.90. The van der Waals surface area contributed by atoms with Gasteiger partial charge in [-0.2, -0.15) is 0 Å². The zero-order valence-corrected chi connectivity index (χ0v) is 17.6. The fourth-order valence-corrected chi connectivity index (χ4v) is 3.87. The van der Waals surface area contributed by atoms with E-state index in [-0.39, 0.29) is 12.3 Å². The molecule has 0 radical (unpaired) electrons. The highest BCUT2D eigenvalue weighted by atomic mass is 35.5. The van der Waals surface area contributed by atoms with Gasteiger partial charge >= 0.3 is 0 Å². The quantitative estimate of drug-likeness (QED) is 0.566. The largest absolute Gasteiger partial charge is 0.493 e. The molecule has 0 aliphatic heterocycles. The van der Waals surface area contributed by atoms with Gasteiger partial charge in [0.1, 0.15) is 5.01 Å². The molecule has 0 aliphatic rings. The fourth-order valence-electron chi connectivity index (χ4n) is 2.58. The Morgan fingerprint density at radius 2 is 1.89 bits per heavy atom. The summed E-state index contributed by atoms with van der Waals surface area (Å²) < 4.78 is 10.6. The molecule has 146 valence electrons. The lowest BCUT2D eigenvalue weighted by Gasteiger charge is -2.08. The van der Waals surface area contributed by atoms with E-state index >= 15 is 0 Å². The molecule has 1 aromatic heterocycles. The smallest absolute Gasteiger partial charge is 0.226 e. The molecule has 0 aliphatic carbocycles. The first-order valence-electron chi connectivity index (χ1n) is 8.37. The third-order valence-electron chi connectivity index (χ3n) is 4.02. The SMILES string of the molecule is COc1ccc(-c2nc(CC(=O)NCc3ccc(Cl)cc3Cl)cs2)cc1OC. The molecular weight excluding hydrogens is 419 g/mol. The van der Waals surface area contributed by atoms with Crippen molar-refractivity contribution < 1.29 is 14.3 Å². The van der Waals surface area contributed by atoms with Crippen molar-refractivity contribution in [1.82, 2.24) is 10.3 Å². The van der Waals surface area contributed by atoms with E-state index in [1.807, 2.05) is 23.6 Å². The van der Waals surface area contributed by atoms with Crippen molar-refractivity contribution >= 4 is 40.4 Å². The number of benzene rings is 2. The average molecular weight is 437 g/mol. The first-order chi connectivity index (χ1) is 13.5. The standard InChI is InChI=1S/C20H18Cl2N2O3S/c1-26-17-6-4-12(7-18(17)27-2)20-24-15(11-28-20)9-19(25)23-10-13-3-5-14(21)8-16(13)22/h3-8,11H,9-10H2,1-2H3,(H,23,25). The van der Waals surface area contributed by atoms with Crippen molar-refractivity contribution in [1.29, 1.82) is 0 Å². The van der Waals surface area contributed by atoms with Crippen LogP contribution in [0.4, 0.5) is 0 Å². The fraction of sp³-hybridized carbons (Fsp3) is 0.200. The zero-order chi connectivity index (χ0) is 20.1. The van der Waals surface area contributed by atoms with Crippen molar-refractivity contribution in [2.75, 3.05) is 14.2 Å². The molecule has 2 aromatic carbocycles. The number of ether oxygens (including phenoxy) is 2. The summed E-state index contributed by atoms with van der Waals surface area (Å²) in [5.74, 6) is 1.16. The summed E-state index contributed by atoms with van der Waals surface area (Å²) in [4.78, 5) is 16.8. The molecule has 0 bridgehead atoms. The minimum absolute atomic E-state index is 0.129. The van der Waals surface area contributed by atoms with Gasteiger partial charge in [-0.1, -0.05) is 29.3 Å². The number of hydrogen-bond acceptors (Lipinski definition) is 5. The molecule has 3 rings (SSSR count). The van der Waals surface area contributed by atoms with Gasteiger partial charge in [0.25, 0.3) is 0 Å². The highest BCUT2D eigenvalue weighted by Crippen LogP contribution is 2.33. The zero-order valence-electron chi connectivity index (χ0n) is 15.3. The summed E-state index contributed by atoms with van der Waals surface area (Å²) in [6.45, 7) is 0.335. The summed E-state index contributed by atoms with van der Waals surface area (Å²) in [6.07, 6.45) is 0.189. The topological polar surface area (TPSA) is 60.5 Å². The van der Waals surface area contributed by atoms with Crippen LogP contribution in [0.3, 0.4) is 0 Å². The molecule has 3 aromatic rings. The molecule has 5 nitrogen and oxygen atoms in total. The minimum Gasteiger partial charge on any atom is -0.493 e. The number of carbonyl (C=O) groups is 1. The van der Waals surface area contributed by atoms with E-state index in [1.165, 1.54) is 11.3 Å². The van der Waals surface area contributed by atoms with Crippen LogP contribution in [-0.2, 0) is 17.8 Å². The summed E-state index contributed by atoms with van der Waals surface area (Å²) in [6, 6.07) is 10.8. The van der Waals surface area contributed by atoms with E-state index in [1.54, 1.807) is 32.4 Å². The molecule has 1 amide bonds.